The summed E-state index contributed by atoms with van der Waals surface area (Å²) in [6.45, 7) is 4.31. The van der Waals surface area contributed by atoms with E-state index in [1.165, 1.54) is 36.9 Å². The summed E-state index contributed by atoms with van der Waals surface area (Å²) < 4.78 is 11.7. The molecule has 0 amide bonds. The monoisotopic (exact) mass is 699 g/mol. The van der Waals surface area contributed by atoms with Crippen molar-refractivity contribution in [3.05, 3.63) is 162 Å². The molecule has 0 spiro atoms. The Kier molecular flexibility index (Phi) is 6.64. The lowest BCUT2D eigenvalue weighted by atomic mass is 9.84. The molecule has 1 atom stereocenters. The minimum Gasteiger partial charge on any atom is -0.454 e. The van der Waals surface area contributed by atoms with E-state index in [9.17, 15) is 0 Å². The molecular formula is C48H33N3OS. The zero-order valence-electron chi connectivity index (χ0n) is 29.3. The average molecular weight is 700 g/mol. The number of nitrogens with zero attached hydrogens (tertiary/aromatic N) is 3. The molecule has 252 valence electrons. The molecule has 9 aromatic rings. The van der Waals surface area contributed by atoms with Gasteiger partial charge in [-0.15, -0.1) is 11.3 Å². The van der Waals surface area contributed by atoms with Crippen LogP contribution in [-0.2, 0) is 0 Å². The van der Waals surface area contributed by atoms with E-state index in [2.05, 4.69) is 158 Å². The van der Waals surface area contributed by atoms with Crippen molar-refractivity contribution in [1.82, 2.24) is 14.5 Å². The SMILES string of the molecule is C/C=C\c1c(C)c2c(-c3cccc4c3sc3ccccc34)cc3c4ccccc4oc3c2n1-c1nc(C2=CCC3C=CC=CC3=C2)c2ccccc2n1. The Balaban J connectivity index is 1.28. The van der Waals surface area contributed by atoms with E-state index in [0.29, 0.717) is 11.9 Å². The second-order valence-electron chi connectivity index (χ2n) is 14.0. The molecule has 0 N–H and O–H groups in total. The Labute approximate surface area is 310 Å². The molecule has 53 heavy (non-hydrogen) atoms. The van der Waals surface area contributed by atoms with Crippen LogP contribution in [0.5, 0.6) is 0 Å². The second kappa shape index (κ2) is 11.6. The van der Waals surface area contributed by atoms with Gasteiger partial charge in [-0.05, 0) is 79.0 Å². The van der Waals surface area contributed by atoms with Gasteiger partial charge in [-0.2, -0.15) is 0 Å². The molecule has 0 saturated heterocycles. The molecular weight excluding hydrogens is 667 g/mol. The lowest BCUT2D eigenvalue weighted by Crippen LogP contribution is -2.09. The van der Waals surface area contributed by atoms with Crippen molar-refractivity contribution in [2.75, 3.05) is 0 Å². The summed E-state index contributed by atoms with van der Waals surface area (Å²) in [5.74, 6) is 1.03. The first kappa shape index (κ1) is 30.3. The first-order valence-electron chi connectivity index (χ1n) is 18.2. The minimum atomic E-state index is 0.402. The largest absolute Gasteiger partial charge is 0.454 e. The number of benzene rings is 5. The van der Waals surface area contributed by atoms with E-state index in [1.807, 2.05) is 17.4 Å². The lowest BCUT2D eigenvalue weighted by molar-refractivity contribution is 0.670. The molecule has 0 bridgehead atoms. The van der Waals surface area contributed by atoms with Crippen molar-refractivity contribution in [3.63, 3.8) is 0 Å². The third-order valence-corrected chi connectivity index (χ3v) is 12.3. The Bertz CT molecular complexity index is 3180. The highest BCUT2D eigenvalue weighted by Crippen LogP contribution is 2.48. The van der Waals surface area contributed by atoms with E-state index < -0.39 is 0 Å². The van der Waals surface area contributed by atoms with E-state index in [-0.39, 0.29) is 0 Å². The van der Waals surface area contributed by atoms with Crippen LogP contribution in [0.2, 0.25) is 0 Å². The number of fused-ring (bicyclic) bond motifs is 10. The number of allylic oxidation sites excluding steroid dienone is 9. The molecule has 4 nitrogen and oxygen atoms in total. The maximum atomic E-state index is 6.86. The van der Waals surface area contributed by atoms with Crippen LogP contribution in [0, 0.1) is 12.8 Å². The third kappa shape index (κ3) is 4.47. The van der Waals surface area contributed by atoms with Gasteiger partial charge in [-0.25, -0.2) is 9.97 Å². The van der Waals surface area contributed by atoms with Gasteiger partial charge >= 0.3 is 0 Å². The summed E-state index contributed by atoms with van der Waals surface area (Å²) in [6, 6.07) is 34.6. The summed E-state index contributed by atoms with van der Waals surface area (Å²) in [7, 11) is 0. The number of aromatic nitrogens is 3. The topological polar surface area (TPSA) is 43.9 Å². The Morgan fingerprint density at radius 2 is 1.62 bits per heavy atom. The van der Waals surface area contributed by atoms with Crippen LogP contribution in [0.4, 0.5) is 0 Å². The number of rotatable bonds is 4. The number of hydrogen-bond donors (Lipinski definition) is 0. The molecule has 5 heteroatoms. The summed E-state index contributed by atoms with van der Waals surface area (Å²) >= 11 is 1.86. The van der Waals surface area contributed by atoms with Gasteiger partial charge in [-0.1, -0.05) is 109 Å². The summed E-state index contributed by atoms with van der Waals surface area (Å²) in [5, 5.41) is 6.93. The van der Waals surface area contributed by atoms with Crippen molar-refractivity contribution in [3.8, 4) is 17.1 Å². The molecule has 0 radical (unpaired) electrons. The van der Waals surface area contributed by atoms with Crippen LogP contribution in [0.3, 0.4) is 0 Å². The molecule has 4 heterocycles. The number of hydrogen-bond acceptors (Lipinski definition) is 4. The van der Waals surface area contributed by atoms with Crippen LogP contribution in [-0.4, -0.2) is 14.5 Å². The number of aryl methyl sites for hydroxylation is 1. The Morgan fingerprint density at radius 3 is 2.53 bits per heavy atom. The first-order valence-corrected chi connectivity index (χ1v) is 19.0. The number of furan rings is 1. The molecule has 5 aromatic carbocycles. The van der Waals surface area contributed by atoms with E-state index >= 15 is 0 Å². The van der Waals surface area contributed by atoms with Gasteiger partial charge in [0.2, 0.25) is 5.95 Å². The van der Waals surface area contributed by atoms with Gasteiger partial charge in [0, 0.05) is 53.2 Å². The normalized spacial score (nSPS) is 15.8. The van der Waals surface area contributed by atoms with Crippen molar-refractivity contribution >= 4 is 86.9 Å². The highest BCUT2D eigenvalue weighted by molar-refractivity contribution is 7.26. The fraction of sp³-hybridized carbons (Fsp3) is 0.0833. The third-order valence-electron chi connectivity index (χ3n) is 11.0. The smallest absolute Gasteiger partial charge is 0.235 e. The van der Waals surface area contributed by atoms with Crippen molar-refractivity contribution < 1.29 is 4.42 Å². The van der Waals surface area contributed by atoms with E-state index in [1.54, 1.807) is 0 Å². The van der Waals surface area contributed by atoms with Gasteiger partial charge in [0.15, 0.2) is 5.58 Å². The summed E-state index contributed by atoms with van der Waals surface area (Å²) in [6.07, 6.45) is 18.7. The molecule has 4 aromatic heterocycles. The van der Waals surface area contributed by atoms with Gasteiger partial charge in [0.25, 0.3) is 0 Å². The number of thiophene rings is 1. The minimum absolute atomic E-state index is 0.402. The van der Waals surface area contributed by atoms with Crippen LogP contribution in [0.25, 0.3) is 92.6 Å². The van der Waals surface area contributed by atoms with Gasteiger partial charge < -0.3 is 4.42 Å². The van der Waals surface area contributed by atoms with Crippen molar-refractivity contribution in [2.45, 2.75) is 20.3 Å². The quantitative estimate of drug-likeness (QED) is 0.184. The Hall–Kier alpha value is -6.30. The zero-order chi connectivity index (χ0) is 35.2. The second-order valence-corrected chi connectivity index (χ2v) is 15.1. The maximum absolute atomic E-state index is 6.86. The van der Waals surface area contributed by atoms with Crippen LogP contribution >= 0.6 is 11.3 Å². The molecule has 0 fully saturated rings. The van der Waals surface area contributed by atoms with Crippen LogP contribution in [0.15, 0.2) is 150 Å². The molecule has 2 aliphatic carbocycles. The molecule has 0 saturated carbocycles. The Morgan fingerprint density at radius 1 is 0.811 bits per heavy atom. The highest BCUT2D eigenvalue weighted by atomic mass is 32.1. The van der Waals surface area contributed by atoms with E-state index in [4.69, 9.17) is 14.4 Å². The van der Waals surface area contributed by atoms with Gasteiger partial charge in [-0.3, -0.25) is 4.57 Å². The maximum Gasteiger partial charge on any atom is 0.235 e. The summed E-state index contributed by atoms with van der Waals surface area (Å²) in [4.78, 5) is 10.8. The van der Waals surface area contributed by atoms with Gasteiger partial charge in [0.05, 0.1) is 16.9 Å². The van der Waals surface area contributed by atoms with Crippen molar-refractivity contribution in [1.29, 1.82) is 0 Å². The predicted octanol–water partition coefficient (Wildman–Crippen LogP) is 13.3. The fourth-order valence-electron chi connectivity index (χ4n) is 8.60. The van der Waals surface area contributed by atoms with Crippen molar-refractivity contribution in [2.24, 2.45) is 5.92 Å². The lowest BCUT2D eigenvalue weighted by Gasteiger charge is -2.21. The molecule has 2 aliphatic rings. The standard InChI is InChI=1S/C48H33N3OS/c1-3-13-40-28(2)43-37(35-20-12-19-34-33-17-8-11-23-42(33)53-47(34)35)27-38-32-16-7-10-22-41(32)52-46(38)45(43)51(40)48-49-39-21-9-6-18-36(39)44(50-48)31-25-24-29-14-4-5-15-30(29)26-31/h3-23,25-27,29H,24H2,1-2H3/b13-3-. The molecule has 0 aliphatic heterocycles. The predicted molar refractivity (Wildman–Crippen MR) is 224 cm³/mol. The van der Waals surface area contributed by atoms with E-state index in [0.717, 1.165) is 72.7 Å². The highest BCUT2D eigenvalue weighted by Gasteiger charge is 2.27. The average Bonchev–Trinajstić information content (AvgIpc) is 3.87. The van der Waals surface area contributed by atoms with Crippen LogP contribution < -0.4 is 0 Å². The van der Waals surface area contributed by atoms with Gasteiger partial charge in [0.1, 0.15) is 11.1 Å². The van der Waals surface area contributed by atoms with Crippen LogP contribution in [0.1, 0.15) is 30.3 Å². The summed E-state index contributed by atoms with van der Waals surface area (Å²) in [5.41, 5.74) is 11.6. The molecule has 11 rings (SSSR count). The number of para-hydroxylation sites is 2. The zero-order valence-corrected chi connectivity index (χ0v) is 30.1. The first-order chi connectivity index (χ1) is 26.2. The fourth-order valence-corrected chi connectivity index (χ4v) is 9.83. The molecule has 1 unspecified atom stereocenters.